The summed E-state index contributed by atoms with van der Waals surface area (Å²) >= 11 is 0. The van der Waals surface area contributed by atoms with Gasteiger partial charge in [-0.05, 0) is 60.9 Å². The molecular weight excluding hydrogens is 819 g/mol. The Bertz CT molecular complexity index is 2310. The van der Waals surface area contributed by atoms with Crippen molar-refractivity contribution in [2.75, 3.05) is 97.4 Å². The molecule has 0 aliphatic carbocycles. The molecule has 6 bridgehead atoms. The van der Waals surface area contributed by atoms with Gasteiger partial charge in [0.1, 0.15) is 30.8 Å². The van der Waals surface area contributed by atoms with E-state index in [0.717, 1.165) is 78.0 Å². The first-order chi connectivity index (χ1) is 31.4. The van der Waals surface area contributed by atoms with Crippen molar-refractivity contribution in [3.05, 3.63) is 120 Å². The lowest BCUT2D eigenvalue weighted by atomic mass is 10.0. The number of piperidine rings is 1. The summed E-state index contributed by atoms with van der Waals surface area (Å²) in [7, 11) is 0. The molecule has 2 saturated heterocycles. The van der Waals surface area contributed by atoms with Crippen LogP contribution in [-0.2, 0) is 37.0 Å². The number of fused-ring (bicyclic) bond motifs is 8. The molecular formula is C48H55N7O9. The van der Waals surface area contributed by atoms with Crippen LogP contribution in [0, 0.1) is 0 Å². The monoisotopic (exact) mass is 873 g/mol. The Labute approximate surface area is 373 Å². The second kappa shape index (κ2) is 22.1. The van der Waals surface area contributed by atoms with Crippen LogP contribution in [0.15, 0.2) is 97.4 Å². The number of imide groups is 1. The van der Waals surface area contributed by atoms with Gasteiger partial charge in [-0.2, -0.15) is 0 Å². The topological polar surface area (TPSA) is 166 Å². The average molecular weight is 874 g/mol. The van der Waals surface area contributed by atoms with Gasteiger partial charge in [-0.15, -0.1) is 0 Å². The summed E-state index contributed by atoms with van der Waals surface area (Å²) in [5.41, 5.74) is 5.66. The lowest BCUT2D eigenvalue weighted by Crippen LogP contribution is -2.51. The van der Waals surface area contributed by atoms with E-state index in [-0.39, 0.29) is 24.3 Å². The van der Waals surface area contributed by atoms with Crippen LogP contribution in [0.3, 0.4) is 0 Å². The van der Waals surface area contributed by atoms with Gasteiger partial charge < -0.3 is 39.1 Å². The summed E-state index contributed by atoms with van der Waals surface area (Å²) < 4.78 is 35.6. The molecule has 4 aliphatic rings. The van der Waals surface area contributed by atoms with E-state index in [4.69, 9.17) is 33.4 Å². The van der Waals surface area contributed by atoms with Gasteiger partial charge >= 0.3 is 0 Å². The lowest BCUT2D eigenvalue weighted by molar-refractivity contribution is -0.125. The minimum Gasteiger partial charge on any atom is -0.492 e. The maximum atomic E-state index is 13.3. The summed E-state index contributed by atoms with van der Waals surface area (Å²) in [6.45, 7) is 13.5. The summed E-state index contributed by atoms with van der Waals surface area (Å²) in [5, 5.41) is 6.01. The molecule has 0 saturated carbocycles. The van der Waals surface area contributed by atoms with Crippen LogP contribution in [0.25, 0.3) is 11.3 Å². The zero-order valence-electron chi connectivity index (χ0n) is 36.0. The summed E-state index contributed by atoms with van der Waals surface area (Å²) in [4.78, 5) is 54.1. The van der Waals surface area contributed by atoms with Crippen LogP contribution in [0.1, 0.15) is 44.7 Å². The Kier molecular flexibility index (Phi) is 15.4. The van der Waals surface area contributed by atoms with Crippen molar-refractivity contribution in [1.29, 1.82) is 0 Å². The van der Waals surface area contributed by atoms with E-state index >= 15 is 0 Å². The Morgan fingerprint density at radius 2 is 1.47 bits per heavy atom. The van der Waals surface area contributed by atoms with Crippen LogP contribution in [0.4, 0.5) is 11.6 Å². The molecule has 16 heteroatoms. The number of amides is 3. The Morgan fingerprint density at radius 1 is 0.734 bits per heavy atom. The van der Waals surface area contributed by atoms with Crippen LogP contribution >= 0.6 is 0 Å². The summed E-state index contributed by atoms with van der Waals surface area (Å²) in [6.07, 6.45) is 6.55. The van der Waals surface area contributed by atoms with E-state index in [2.05, 4.69) is 38.1 Å². The van der Waals surface area contributed by atoms with Gasteiger partial charge in [0, 0.05) is 68.0 Å². The van der Waals surface area contributed by atoms with Crippen molar-refractivity contribution in [3.8, 4) is 22.8 Å². The number of carbonyl (C=O) groups excluding carboxylic acids is 3. The lowest BCUT2D eigenvalue weighted by Gasteiger charge is -2.34. The van der Waals surface area contributed by atoms with E-state index in [0.29, 0.717) is 83.1 Å². The van der Waals surface area contributed by atoms with E-state index in [9.17, 15) is 14.4 Å². The number of rotatable bonds is 15. The van der Waals surface area contributed by atoms with Gasteiger partial charge in [0.25, 0.3) is 11.8 Å². The van der Waals surface area contributed by atoms with Gasteiger partial charge in [-0.1, -0.05) is 43.0 Å². The number of hydrogen-bond donors (Lipinski definition) is 2. The van der Waals surface area contributed by atoms with Crippen molar-refractivity contribution < 1.29 is 42.8 Å². The molecule has 4 aromatic rings. The average Bonchev–Trinajstić information content (AvgIpc) is 3.56. The van der Waals surface area contributed by atoms with Gasteiger partial charge in [-0.25, -0.2) is 9.97 Å². The van der Waals surface area contributed by atoms with E-state index in [1.807, 2.05) is 54.6 Å². The fourth-order valence-corrected chi connectivity index (χ4v) is 7.99. The highest BCUT2D eigenvalue weighted by atomic mass is 16.5. The number of nitrogens with one attached hydrogen (secondary N) is 2. The standard InChI is InChI=1S/C48H55N7O9/c1-34-10-12-41(45(56)50-34)55-46(57)39-8-5-9-43(44(39)47(55)58)64-29-28-60-27-26-59-24-20-53-16-18-54(19-17-53)21-25-63-42-13-11-38-31-37(42)33-62-23-3-2-22-61-32-35-6-4-7-36(30-35)40-14-15-49-48(51-38)52-40/h2-9,11,13-15,30-31,41H,1,10,12,16-29,32-33H2,(H,50,56)(H,49,51,52)/b3-2+. The van der Waals surface area contributed by atoms with Crippen molar-refractivity contribution >= 4 is 29.4 Å². The SMILES string of the molecule is C=C1CCC(N2C(=O)c3cccc(OCCOCCOCCN4CCN(CCOc5ccc6cc5COC/C=C/COCc5cccc(c5)-c5ccnc(n5)N6)CC4)c3C2=O)C(=O)N1. The molecule has 5 heterocycles. The van der Waals surface area contributed by atoms with Crippen LogP contribution in [0.5, 0.6) is 11.5 Å². The molecule has 3 amide bonds. The first-order valence-electron chi connectivity index (χ1n) is 21.9. The molecule has 2 N–H and O–H groups in total. The molecule has 4 aliphatic heterocycles. The molecule has 0 spiro atoms. The molecule has 0 radical (unpaired) electrons. The Hall–Kier alpha value is -6.01. The molecule has 8 rings (SSSR count). The van der Waals surface area contributed by atoms with Crippen molar-refractivity contribution in [2.45, 2.75) is 32.1 Å². The molecule has 1 unspecified atom stereocenters. The molecule has 1 atom stereocenters. The number of piperazine rings is 1. The van der Waals surface area contributed by atoms with E-state index in [1.165, 1.54) is 0 Å². The minimum atomic E-state index is -0.877. The second-order valence-corrected chi connectivity index (χ2v) is 15.8. The van der Waals surface area contributed by atoms with Gasteiger partial charge in [0.15, 0.2) is 0 Å². The van der Waals surface area contributed by atoms with Crippen LogP contribution in [0.2, 0.25) is 0 Å². The van der Waals surface area contributed by atoms with E-state index in [1.54, 1.807) is 24.4 Å². The predicted molar refractivity (Wildman–Crippen MR) is 238 cm³/mol. The van der Waals surface area contributed by atoms with Gasteiger partial charge in [0.05, 0.1) is 69.7 Å². The van der Waals surface area contributed by atoms with Crippen LogP contribution in [-0.4, -0.2) is 141 Å². The number of benzene rings is 3. The highest BCUT2D eigenvalue weighted by Gasteiger charge is 2.45. The molecule has 2 fully saturated rings. The predicted octanol–water partition coefficient (Wildman–Crippen LogP) is 4.99. The maximum absolute atomic E-state index is 13.3. The second-order valence-electron chi connectivity index (χ2n) is 15.8. The number of allylic oxidation sites excluding steroid dienone is 1. The molecule has 1 aromatic heterocycles. The normalized spacial score (nSPS) is 19.0. The Balaban J connectivity index is 0.714. The number of nitrogens with zero attached hydrogens (tertiary/aromatic N) is 5. The quantitative estimate of drug-likeness (QED) is 0.0933. The first-order valence-corrected chi connectivity index (χ1v) is 21.9. The maximum Gasteiger partial charge on any atom is 0.266 e. The highest BCUT2D eigenvalue weighted by molar-refractivity contribution is 6.24. The third-order valence-corrected chi connectivity index (χ3v) is 11.4. The third kappa shape index (κ3) is 11.6. The first kappa shape index (κ1) is 44.6. The number of hydrogen-bond acceptors (Lipinski definition) is 14. The van der Waals surface area contributed by atoms with Crippen molar-refractivity contribution in [2.24, 2.45) is 0 Å². The number of aromatic nitrogens is 2. The third-order valence-electron chi connectivity index (χ3n) is 11.4. The molecule has 16 nitrogen and oxygen atoms in total. The smallest absolute Gasteiger partial charge is 0.266 e. The number of anilines is 2. The molecule has 64 heavy (non-hydrogen) atoms. The number of carbonyl (C=O) groups is 3. The summed E-state index contributed by atoms with van der Waals surface area (Å²) in [5.74, 6) is 0.150. The van der Waals surface area contributed by atoms with Crippen LogP contribution < -0.4 is 20.1 Å². The fourth-order valence-electron chi connectivity index (χ4n) is 7.99. The zero-order valence-corrected chi connectivity index (χ0v) is 36.0. The van der Waals surface area contributed by atoms with E-state index < -0.39 is 23.8 Å². The molecule has 3 aromatic carbocycles. The largest absolute Gasteiger partial charge is 0.492 e. The van der Waals surface area contributed by atoms with Gasteiger partial charge in [0.2, 0.25) is 11.9 Å². The number of ether oxygens (including phenoxy) is 6. The van der Waals surface area contributed by atoms with Gasteiger partial charge in [-0.3, -0.25) is 29.1 Å². The molecule has 336 valence electrons. The van der Waals surface area contributed by atoms with Crippen molar-refractivity contribution in [1.82, 2.24) is 30.0 Å². The summed E-state index contributed by atoms with van der Waals surface area (Å²) in [6, 6.07) is 20.1. The highest BCUT2D eigenvalue weighted by Crippen LogP contribution is 2.34. The van der Waals surface area contributed by atoms with Crippen molar-refractivity contribution in [3.63, 3.8) is 0 Å². The zero-order chi connectivity index (χ0) is 44.1. The minimum absolute atomic E-state index is 0.176. The fraction of sp³-hybridized carbons (Fsp3) is 0.396. The Morgan fingerprint density at radius 3 is 2.28 bits per heavy atom.